The first kappa shape index (κ1) is 17.5. The van der Waals surface area contributed by atoms with Crippen molar-refractivity contribution in [2.24, 2.45) is 4.99 Å². The maximum absolute atomic E-state index is 9.67. The zero-order valence-corrected chi connectivity index (χ0v) is 11.3. The Morgan fingerprint density at radius 3 is 2.56 bits per heavy atom. The normalized spacial score (nSPS) is 27.1. The van der Waals surface area contributed by atoms with Crippen molar-refractivity contribution in [3.63, 3.8) is 0 Å². The summed E-state index contributed by atoms with van der Waals surface area (Å²) in [7, 11) is 2.21. The second kappa shape index (κ2) is 9.44. The van der Waals surface area contributed by atoms with Crippen LogP contribution in [0.4, 0.5) is 13.2 Å². The highest BCUT2D eigenvalue weighted by molar-refractivity contribution is 7.78. The highest BCUT2D eigenvalue weighted by atomic mass is 32.1. The summed E-state index contributed by atoms with van der Waals surface area (Å²) >= 11 is 4.54. The van der Waals surface area contributed by atoms with Crippen LogP contribution in [0.1, 0.15) is 19.3 Å². The molecule has 1 aliphatic heterocycles. The number of likely N-dealkylation sites (tertiary alicyclic amines) is 1. The first-order chi connectivity index (χ1) is 8.46. The van der Waals surface area contributed by atoms with Gasteiger partial charge in [-0.3, -0.25) is 0 Å². The lowest BCUT2D eigenvalue weighted by Crippen LogP contribution is -2.57. The molecule has 0 aromatic carbocycles. The third-order valence-electron chi connectivity index (χ3n) is 3.34. The highest BCUT2D eigenvalue weighted by Crippen LogP contribution is 2.23. The van der Waals surface area contributed by atoms with Crippen molar-refractivity contribution < 1.29 is 22.8 Å². The minimum Gasteiger partial charge on any atom is -0.390 e. The van der Waals surface area contributed by atoms with E-state index in [4.69, 9.17) is 0 Å². The van der Waals surface area contributed by atoms with E-state index in [1.54, 1.807) is 0 Å². The van der Waals surface area contributed by atoms with Gasteiger partial charge in [-0.05, 0) is 25.1 Å². The third-order valence-corrected chi connectivity index (χ3v) is 3.46. The van der Waals surface area contributed by atoms with Gasteiger partial charge in [-0.2, -0.15) is 13.2 Å². The Morgan fingerprint density at radius 2 is 2.06 bits per heavy atom. The fraction of sp³-hybridized carbons (Fsp3) is 0.909. The number of aliphatic hydroxyl groups excluding tert-OH is 1. The molecule has 1 fully saturated rings. The van der Waals surface area contributed by atoms with Gasteiger partial charge in [0.2, 0.25) is 0 Å². The molecule has 0 amide bonds. The van der Waals surface area contributed by atoms with E-state index in [1.165, 1.54) is 12.8 Å². The van der Waals surface area contributed by atoms with Crippen molar-refractivity contribution in [3.05, 3.63) is 0 Å². The number of halogens is 3. The maximum atomic E-state index is 9.67. The first-order valence-corrected chi connectivity index (χ1v) is 6.28. The monoisotopic (exact) mass is 285 g/mol. The molecule has 1 saturated heterocycles. The van der Waals surface area contributed by atoms with Crippen LogP contribution in [0, 0.1) is 0 Å². The number of quaternary nitrogens is 1. The van der Waals surface area contributed by atoms with Crippen molar-refractivity contribution in [3.8, 4) is 0 Å². The smallest absolute Gasteiger partial charge is 0.379 e. The number of thiocarbonyl (C=S) groups is 1. The Labute approximate surface area is 111 Å². The summed E-state index contributed by atoms with van der Waals surface area (Å²) < 4.78 is 29.9. The predicted octanol–water partition coefficient (Wildman–Crippen LogP) is 2.26. The quantitative estimate of drug-likeness (QED) is 0.488. The van der Waals surface area contributed by atoms with Gasteiger partial charge in [0.25, 0.3) is 0 Å². The molecule has 106 valence electrons. The summed E-state index contributed by atoms with van der Waals surface area (Å²) in [5, 5.41) is 11.7. The molecule has 1 aliphatic rings. The number of aliphatic imine (C=N–C) groups is 1. The number of likely N-dealkylation sites (N-methyl/N-ethyl adjacent to an activating group) is 1. The lowest BCUT2D eigenvalue weighted by Gasteiger charge is -2.43. The fourth-order valence-electron chi connectivity index (χ4n) is 2.25. The molecular weight excluding hydrogens is 265 g/mol. The van der Waals surface area contributed by atoms with Crippen molar-refractivity contribution in [2.75, 3.05) is 33.3 Å². The number of isothiocyanates is 1. The molecule has 2 atom stereocenters. The molecule has 0 aromatic heterocycles. The largest absolute Gasteiger partial charge is 0.390 e. The molecule has 1 rings (SSSR count). The number of alkyl halides is 3. The van der Waals surface area contributed by atoms with Crippen molar-refractivity contribution >= 4 is 17.4 Å². The average Bonchev–Trinajstić information content (AvgIpc) is 2.29. The number of piperidine rings is 1. The molecule has 18 heavy (non-hydrogen) atoms. The highest BCUT2D eigenvalue weighted by Gasteiger charge is 2.34. The van der Waals surface area contributed by atoms with E-state index in [0.29, 0.717) is 6.04 Å². The zero-order valence-electron chi connectivity index (χ0n) is 10.5. The Morgan fingerprint density at radius 1 is 1.44 bits per heavy atom. The van der Waals surface area contributed by atoms with E-state index in [0.717, 1.165) is 30.5 Å². The third kappa shape index (κ3) is 7.06. The number of aliphatic hydroxyl groups is 1. The number of nitrogens with zero attached hydrogens (tertiary/aromatic N) is 2. The summed E-state index contributed by atoms with van der Waals surface area (Å²) in [5.74, 6) is 0. The van der Waals surface area contributed by atoms with E-state index in [9.17, 15) is 18.3 Å². The van der Waals surface area contributed by atoms with Crippen LogP contribution in [0.25, 0.3) is 0 Å². The second-order valence-electron chi connectivity index (χ2n) is 4.48. The van der Waals surface area contributed by atoms with Gasteiger partial charge in [-0.15, -0.1) is 0 Å². The number of hydrogen-bond acceptors (Lipinski definition) is 3. The van der Waals surface area contributed by atoms with Gasteiger partial charge in [0.15, 0.2) is 0 Å². The molecule has 3 nitrogen and oxygen atoms in total. The van der Waals surface area contributed by atoms with Gasteiger partial charge in [-0.1, -0.05) is 0 Å². The molecule has 2 unspecified atom stereocenters. The zero-order chi connectivity index (χ0) is 14.0. The van der Waals surface area contributed by atoms with E-state index in [-0.39, 0.29) is 6.61 Å². The Balaban J connectivity index is 0.000000631. The molecule has 1 heterocycles. The van der Waals surface area contributed by atoms with Crippen LogP contribution in [-0.4, -0.2) is 60.8 Å². The van der Waals surface area contributed by atoms with Crippen molar-refractivity contribution in [1.82, 2.24) is 0 Å². The first-order valence-electron chi connectivity index (χ1n) is 5.87. The Bertz CT molecular complexity index is 272. The second-order valence-corrected chi connectivity index (χ2v) is 4.66. The topological polar surface area (TPSA) is 32.6 Å². The lowest BCUT2D eigenvalue weighted by atomic mass is 10.00. The molecule has 0 aliphatic carbocycles. The van der Waals surface area contributed by atoms with Gasteiger partial charge in [-0.25, -0.2) is 4.99 Å². The molecule has 0 aromatic rings. The molecule has 0 spiro atoms. The van der Waals surface area contributed by atoms with Crippen molar-refractivity contribution in [1.29, 1.82) is 0 Å². The average molecular weight is 285 g/mol. The van der Waals surface area contributed by atoms with Crippen LogP contribution >= 0.6 is 12.2 Å². The minimum absolute atomic E-state index is 0.289. The van der Waals surface area contributed by atoms with Gasteiger partial charge >= 0.3 is 6.68 Å². The molecule has 0 radical (unpaired) electrons. The lowest BCUT2D eigenvalue weighted by molar-refractivity contribution is -0.937. The number of rotatable bonds is 4. The van der Waals surface area contributed by atoms with Crippen LogP contribution in [0.2, 0.25) is 0 Å². The summed E-state index contributed by atoms with van der Waals surface area (Å²) in [6, 6.07) is 0.393. The summed E-state index contributed by atoms with van der Waals surface area (Å²) in [4.78, 5) is 3.95. The van der Waals surface area contributed by atoms with Gasteiger partial charge < -0.3 is 9.59 Å². The molecule has 7 heteroatoms. The summed E-state index contributed by atoms with van der Waals surface area (Å²) in [6.45, 7) is -0.526. The van der Waals surface area contributed by atoms with Gasteiger partial charge in [0, 0.05) is 6.42 Å². The molecule has 0 bridgehead atoms. The van der Waals surface area contributed by atoms with Crippen LogP contribution in [-0.2, 0) is 0 Å². The maximum Gasteiger partial charge on any atom is 0.379 e. The summed E-state index contributed by atoms with van der Waals surface area (Å²) in [5.41, 5.74) is 0. The van der Waals surface area contributed by atoms with Crippen LogP contribution in [0.3, 0.4) is 0 Å². The van der Waals surface area contributed by atoms with E-state index in [1.807, 2.05) is 0 Å². The van der Waals surface area contributed by atoms with E-state index < -0.39 is 6.68 Å². The van der Waals surface area contributed by atoms with Crippen molar-refractivity contribution in [2.45, 2.75) is 32.0 Å². The summed E-state index contributed by atoms with van der Waals surface area (Å²) in [6.07, 6.45) is 3.64. The van der Waals surface area contributed by atoms with Gasteiger partial charge in [0.05, 0.1) is 38.5 Å². The van der Waals surface area contributed by atoms with Gasteiger partial charge in [0.1, 0.15) is 6.04 Å². The molecule has 0 saturated carbocycles. The standard InChI is InChI=1S/C10H19N2OS.CHF3/c1-12(7-5-11-9-14)6-3-2-4-10(12)8-13;2-1(3)4/h10,13H,2-8H2,1H3;1H/q+1;. The predicted molar refractivity (Wildman–Crippen MR) is 67.6 cm³/mol. The number of hydrogen-bond donors (Lipinski definition) is 1. The molecular formula is C11H20F3N2OS+. The van der Waals surface area contributed by atoms with E-state index in [2.05, 4.69) is 29.4 Å². The van der Waals surface area contributed by atoms with Crippen LogP contribution in [0.15, 0.2) is 4.99 Å². The van der Waals surface area contributed by atoms with Crippen LogP contribution < -0.4 is 0 Å². The Kier molecular flexibility index (Phi) is 9.18. The molecule has 1 N–H and O–H groups in total. The fourth-order valence-corrected chi connectivity index (χ4v) is 2.35. The SMILES string of the molecule is C[N+]1(CCN=C=S)CCCCC1CO.FC(F)F. The minimum atomic E-state index is -3.67. The van der Waals surface area contributed by atoms with E-state index >= 15 is 0 Å². The Hall–Kier alpha value is -0.490. The van der Waals surface area contributed by atoms with Crippen LogP contribution in [0.5, 0.6) is 0 Å².